The van der Waals surface area contributed by atoms with Crippen LogP contribution < -0.4 is 10.1 Å². The highest BCUT2D eigenvalue weighted by Gasteiger charge is 2.32. The Bertz CT molecular complexity index is 1000. The number of carbonyl (C=O) groups excluding carboxylic acids is 1. The monoisotopic (exact) mass is 470 g/mol. The largest absolute Gasteiger partial charge is 0.495 e. The molecule has 0 bridgehead atoms. The number of sulfonamides is 1. The van der Waals surface area contributed by atoms with Crippen LogP contribution in [0.5, 0.6) is 5.75 Å². The molecule has 1 saturated heterocycles. The molecular formula is C21H24Cl2N2O4S. The molecular weight excluding hydrogens is 447 g/mol. The molecule has 162 valence electrons. The molecule has 30 heavy (non-hydrogen) atoms. The normalized spacial score (nSPS) is 16.8. The Hall–Kier alpha value is -1.80. The Balaban J connectivity index is 1.60. The molecule has 3 rings (SSSR count). The van der Waals surface area contributed by atoms with Crippen LogP contribution >= 0.6 is 23.2 Å². The molecule has 0 radical (unpaired) electrons. The maximum atomic E-state index is 12.9. The van der Waals surface area contributed by atoms with E-state index in [0.29, 0.717) is 23.6 Å². The number of methoxy groups -OCH3 is 1. The van der Waals surface area contributed by atoms with E-state index in [-0.39, 0.29) is 40.9 Å². The molecule has 1 aliphatic heterocycles. The zero-order valence-corrected chi connectivity index (χ0v) is 19.1. The molecule has 0 saturated carbocycles. The highest BCUT2D eigenvalue weighted by Crippen LogP contribution is 2.30. The van der Waals surface area contributed by atoms with Crippen molar-refractivity contribution >= 4 is 39.1 Å². The number of halogens is 2. The van der Waals surface area contributed by atoms with Crippen molar-refractivity contribution in [2.24, 2.45) is 5.92 Å². The van der Waals surface area contributed by atoms with Crippen LogP contribution in [0.2, 0.25) is 10.0 Å². The molecule has 6 nitrogen and oxygen atoms in total. The number of benzene rings is 2. The van der Waals surface area contributed by atoms with E-state index >= 15 is 0 Å². The zero-order valence-electron chi connectivity index (χ0n) is 16.8. The second-order valence-corrected chi connectivity index (χ2v) is 10.0. The Labute approximate surface area is 187 Å². The van der Waals surface area contributed by atoms with E-state index < -0.39 is 10.0 Å². The summed E-state index contributed by atoms with van der Waals surface area (Å²) < 4.78 is 32.3. The molecule has 1 aliphatic rings. The number of nitrogens with one attached hydrogen (secondary N) is 1. The van der Waals surface area contributed by atoms with Gasteiger partial charge in [0.25, 0.3) is 0 Å². The van der Waals surface area contributed by atoms with Gasteiger partial charge in [0.05, 0.1) is 23.1 Å². The summed E-state index contributed by atoms with van der Waals surface area (Å²) in [6, 6.07) is 11.6. The number of piperidine rings is 1. The summed E-state index contributed by atoms with van der Waals surface area (Å²) in [6.45, 7) is 2.47. The first kappa shape index (κ1) is 22.9. The number of hydrogen-bond acceptors (Lipinski definition) is 4. The lowest BCUT2D eigenvalue weighted by Gasteiger charge is -2.31. The van der Waals surface area contributed by atoms with E-state index in [2.05, 4.69) is 5.32 Å². The quantitative estimate of drug-likeness (QED) is 0.683. The minimum Gasteiger partial charge on any atom is -0.495 e. The second kappa shape index (κ2) is 9.56. The maximum Gasteiger partial charge on any atom is 0.243 e. The molecule has 2 aromatic rings. The van der Waals surface area contributed by atoms with Gasteiger partial charge in [0.1, 0.15) is 5.75 Å². The Kier molecular flexibility index (Phi) is 7.29. The van der Waals surface area contributed by atoms with Crippen molar-refractivity contribution in [2.75, 3.05) is 20.2 Å². The van der Waals surface area contributed by atoms with E-state index in [4.69, 9.17) is 27.9 Å². The minimum atomic E-state index is -3.68. The van der Waals surface area contributed by atoms with Gasteiger partial charge in [-0.1, -0.05) is 35.3 Å². The predicted octanol–water partition coefficient (Wildman–Crippen LogP) is 4.28. The number of hydrogen-bond donors (Lipinski definition) is 1. The number of amides is 1. The summed E-state index contributed by atoms with van der Waals surface area (Å²) in [5, 5.41) is 3.89. The highest BCUT2D eigenvalue weighted by molar-refractivity contribution is 7.89. The molecule has 1 amide bonds. The fourth-order valence-electron chi connectivity index (χ4n) is 3.48. The van der Waals surface area contributed by atoms with Gasteiger partial charge < -0.3 is 10.1 Å². The molecule has 0 aliphatic carbocycles. The van der Waals surface area contributed by atoms with Crippen LogP contribution in [0.15, 0.2) is 47.4 Å². The van der Waals surface area contributed by atoms with Crippen LogP contribution in [0.1, 0.15) is 31.4 Å². The van der Waals surface area contributed by atoms with Gasteiger partial charge in [-0.2, -0.15) is 4.31 Å². The van der Waals surface area contributed by atoms with Gasteiger partial charge in [-0.15, -0.1) is 0 Å². The Morgan fingerprint density at radius 1 is 1.13 bits per heavy atom. The third kappa shape index (κ3) is 5.09. The van der Waals surface area contributed by atoms with Gasteiger partial charge >= 0.3 is 0 Å². The molecule has 1 fully saturated rings. The van der Waals surface area contributed by atoms with Crippen molar-refractivity contribution in [1.29, 1.82) is 0 Å². The SMILES string of the molecule is COc1ccc(S(=O)(=O)N2CCC(C(=O)N[C@@H](C)c3ccc(Cl)cc3)CC2)cc1Cl. The number of nitrogens with zero attached hydrogens (tertiary/aromatic N) is 1. The molecule has 1 atom stereocenters. The summed E-state index contributed by atoms with van der Waals surface area (Å²) in [7, 11) is -2.21. The zero-order chi connectivity index (χ0) is 21.9. The molecule has 1 N–H and O–H groups in total. The lowest BCUT2D eigenvalue weighted by Crippen LogP contribution is -2.43. The lowest BCUT2D eigenvalue weighted by molar-refractivity contribution is -0.126. The standard InChI is InChI=1S/C21H24Cl2N2O4S/c1-14(15-3-5-17(22)6-4-15)24-21(26)16-9-11-25(12-10-16)30(27,28)18-7-8-20(29-2)19(23)13-18/h3-8,13-14,16H,9-12H2,1-2H3,(H,24,26)/t14-/m0/s1. The number of ether oxygens (including phenoxy) is 1. The van der Waals surface area contributed by atoms with E-state index in [9.17, 15) is 13.2 Å². The first-order valence-electron chi connectivity index (χ1n) is 9.62. The van der Waals surface area contributed by atoms with Crippen molar-refractivity contribution in [1.82, 2.24) is 9.62 Å². The second-order valence-electron chi connectivity index (χ2n) is 7.26. The summed E-state index contributed by atoms with van der Waals surface area (Å²) in [4.78, 5) is 12.8. The summed E-state index contributed by atoms with van der Waals surface area (Å²) >= 11 is 12.0. The van der Waals surface area contributed by atoms with Gasteiger partial charge in [0.2, 0.25) is 15.9 Å². The fraction of sp³-hybridized carbons (Fsp3) is 0.381. The minimum absolute atomic E-state index is 0.0676. The maximum absolute atomic E-state index is 12.9. The summed E-state index contributed by atoms with van der Waals surface area (Å²) in [5.41, 5.74) is 0.962. The molecule has 2 aromatic carbocycles. The smallest absolute Gasteiger partial charge is 0.243 e. The summed E-state index contributed by atoms with van der Waals surface area (Å²) in [5.74, 6) is 0.119. The van der Waals surface area contributed by atoms with Crippen molar-refractivity contribution in [3.63, 3.8) is 0 Å². The molecule has 0 unspecified atom stereocenters. The van der Waals surface area contributed by atoms with Crippen molar-refractivity contribution in [2.45, 2.75) is 30.7 Å². The fourth-order valence-corrected chi connectivity index (χ4v) is 5.43. The molecule has 0 spiro atoms. The number of rotatable bonds is 6. The molecule has 9 heteroatoms. The number of carbonyl (C=O) groups is 1. The van der Waals surface area contributed by atoms with Gasteiger partial charge in [-0.25, -0.2) is 8.42 Å². The first-order chi connectivity index (χ1) is 14.2. The van der Waals surface area contributed by atoms with Crippen LogP contribution in [0.3, 0.4) is 0 Å². The average molecular weight is 471 g/mol. The van der Waals surface area contributed by atoms with Crippen LogP contribution in [0, 0.1) is 5.92 Å². The van der Waals surface area contributed by atoms with E-state index in [0.717, 1.165) is 5.56 Å². The lowest BCUT2D eigenvalue weighted by atomic mass is 9.96. The average Bonchev–Trinajstić information content (AvgIpc) is 2.74. The Morgan fingerprint density at radius 3 is 2.33 bits per heavy atom. The summed E-state index contributed by atoms with van der Waals surface area (Å²) in [6.07, 6.45) is 0.921. The van der Waals surface area contributed by atoms with Crippen LogP contribution in [-0.4, -0.2) is 38.8 Å². The Morgan fingerprint density at radius 2 is 1.77 bits per heavy atom. The molecule has 1 heterocycles. The predicted molar refractivity (Wildman–Crippen MR) is 117 cm³/mol. The third-order valence-electron chi connectivity index (χ3n) is 5.31. The molecule has 0 aromatic heterocycles. The van der Waals surface area contributed by atoms with E-state index in [1.54, 1.807) is 12.1 Å². The van der Waals surface area contributed by atoms with Gasteiger partial charge in [0.15, 0.2) is 0 Å². The van der Waals surface area contributed by atoms with Crippen LogP contribution in [-0.2, 0) is 14.8 Å². The van der Waals surface area contributed by atoms with Crippen LogP contribution in [0.4, 0.5) is 0 Å². The topological polar surface area (TPSA) is 75.7 Å². The van der Waals surface area contributed by atoms with Crippen LogP contribution in [0.25, 0.3) is 0 Å². The van der Waals surface area contributed by atoms with Crippen molar-refractivity contribution in [3.05, 3.63) is 58.1 Å². The highest BCUT2D eigenvalue weighted by atomic mass is 35.5. The van der Waals surface area contributed by atoms with Crippen molar-refractivity contribution < 1.29 is 17.9 Å². The van der Waals surface area contributed by atoms with Gasteiger partial charge in [-0.05, 0) is 55.7 Å². The first-order valence-corrected chi connectivity index (χ1v) is 11.8. The van der Waals surface area contributed by atoms with Gasteiger partial charge in [0, 0.05) is 24.0 Å². The third-order valence-corrected chi connectivity index (χ3v) is 7.76. The van der Waals surface area contributed by atoms with E-state index in [1.807, 2.05) is 19.1 Å². The van der Waals surface area contributed by atoms with Crippen molar-refractivity contribution in [3.8, 4) is 5.75 Å². The van der Waals surface area contributed by atoms with E-state index in [1.165, 1.54) is 29.6 Å². The van der Waals surface area contributed by atoms with Gasteiger partial charge in [-0.3, -0.25) is 4.79 Å².